The lowest BCUT2D eigenvalue weighted by Gasteiger charge is -2.09. The van der Waals surface area contributed by atoms with Crippen molar-refractivity contribution in [1.82, 2.24) is 18.7 Å². The Hall–Kier alpha value is -1.89. The molecule has 0 radical (unpaired) electrons. The zero-order valence-corrected chi connectivity index (χ0v) is 14.9. The van der Waals surface area contributed by atoms with Crippen LogP contribution in [0, 0.1) is 0 Å². The Morgan fingerprint density at radius 3 is 2.50 bits per heavy atom. The van der Waals surface area contributed by atoms with E-state index >= 15 is 0 Å². The molecule has 7 heteroatoms. The maximum absolute atomic E-state index is 12.3. The Morgan fingerprint density at radius 1 is 1.08 bits per heavy atom. The molecule has 1 N–H and O–H groups in total. The first kappa shape index (κ1) is 18.4. The molecule has 24 heavy (non-hydrogen) atoms. The summed E-state index contributed by atoms with van der Waals surface area (Å²) in [5, 5.41) is 9.70. The maximum Gasteiger partial charge on any atom is 0.332 e. The molecule has 2 aromatic rings. The van der Waals surface area contributed by atoms with Crippen molar-refractivity contribution in [3.8, 4) is 0 Å². The smallest absolute Gasteiger partial charge is 0.332 e. The molecular weight excluding hydrogens is 308 g/mol. The summed E-state index contributed by atoms with van der Waals surface area (Å²) in [6, 6.07) is 0. The summed E-state index contributed by atoms with van der Waals surface area (Å²) in [6.45, 7) is 2.79. The Labute approximate surface area is 141 Å². The molecule has 134 valence electrons. The molecular formula is C17H28N4O3. The molecule has 0 aromatic carbocycles. The normalized spacial score (nSPS) is 12.8. The number of unbranched alkanes of at least 4 members (excludes halogenated alkanes) is 3. The van der Waals surface area contributed by atoms with Crippen LogP contribution < -0.4 is 11.2 Å². The van der Waals surface area contributed by atoms with Gasteiger partial charge in [0, 0.05) is 20.6 Å². The van der Waals surface area contributed by atoms with Crippen LogP contribution in [0.4, 0.5) is 0 Å². The number of hydrogen-bond donors (Lipinski definition) is 1. The fourth-order valence-electron chi connectivity index (χ4n) is 3.06. The zero-order chi connectivity index (χ0) is 17.7. The molecule has 0 spiro atoms. The van der Waals surface area contributed by atoms with E-state index in [0.29, 0.717) is 17.7 Å². The summed E-state index contributed by atoms with van der Waals surface area (Å²) >= 11 is 0. The number of aliphatic hydroxyl groups excluding tert-OH is 1. The average molecular weight is 336 g/mol. The van der Waals surface area contributed by atoms with Crippen molar-refractivity contribution < 1.29 is 5.11 Å². The van der Waals surface area contributed by atoms with E-state index in [-0.39, 0.29) is 17.4 Å². The molecule has 1 unspecified atom stereocenters. The number of fused-ring (bicyclic) bond motifs is 1. The summed E-state index contributed by atoms with van der Waals surface area (Å²) < 4.78 is 4.36. The van der Waals surface area contributed by atoms with Crippen molar-refractivity contribution in [3.63, 3.8) is 0 Å². The lowest BCUT2D eigenvalue weighted by atomic mass is 10.1. The van der Waals surface area contributed by atoms with Gasteiger partial charge in [0.25, 0.3) is 5.56 Å². The molecule has 1 atom stereocenters. The van der Waals surface area contributed by atoms with E-state index in [1.54, 1.807) is 13.4 Å². The van der Waals surface area contributed by atoms with Crippen molar-refractivity contribution in [1.29, 1.82) is 0 Å². The average Bonchev–Trinajstić information content (AvgIpc) is 2.98. The van der Waals surface area contributed by atoms with Crippen LogP contribution in [-0.4, -0.2) is 29.9 Å². The Morgan fingerprint density at radius 2 is 1.79 bits per heavy atom. The second kappa shape index (κ2) is 8.28. The van der Waals surface area contributed by atoms with Crippen LogP contribution in [0.15, 0.2) is 15.9 Å². The fraction of sp³-hybridized carbons (Fsp3) is 0.706. The third kappa shape index (κ3) is 3.95. The standard InChI is InChI=1S/C17H28N4O3/c1-4-9-13(22)10-7-5-6-8-11-21-12-18-15-14(21)16(23)20(3)17(24)19(15)2/h12-13,22H,4-11H2,1-3H3. The molecule has 0 amide bonds. The predicted molar refractivity (Wildman–Crippen MR) is 94.2 cm³/mol. The van der Waals surface area contributed by atoms with Crippen LogP contribution in [0.5, 0.6) is 0 Å². The quantitative estimate of drug-likeness (QED) is 0.704. The van der Waals surface area contributed by atoms with Crippen LogP contribution in [0.3, 0.4) is 0 Å². The third-order valence-electron chi connectivity index (χ3n) is 4.53. The van der Waals surface area contributed by atoms with Crippen LogP contribution >= 0.6 is 0 Å². The summed E-state index contributed by atoms with van der Waals surface area (Å²) in [7, 11) is 3.12. The highest BCUT2D eigenvalue weighted by Crippen LogP contribution is 2.11. The number of rotatable bonds is 9. The van der Waals surface area contributed by atoms with Gasteiger partial charge in [-0.25, -0.2) is 9.78 Å². The number of nitrogens with zero attached hydrogens (tertiary/aromatic N) is 4. The highest BCUT2D eigenvalue weighted by atomic mass is 16.3. The Bertz CT molecular complexity index is 787. The number of aryl methyl sites for hydroxylation is 2. The number of hydrogen-bond acceptors (Lipinski definition) is 4. The van der Waals surface area contributed by atoms with Gasteiger partial charge in [-0.05, 0) is 19.3 Å². The maximum atomic E-state index is 12.3. The van der Waals surface area contributed by atoms with Gasteiger partial charge in [0.2, 0.25) is 0 Å². The van der Waals surface area contributed by atoms with E-state index in [1.807, 2.05) is 4.57 Å². The van der Waals surface area contributed by atoms with Crippen molar-refractivity contribution in [2.75, 3.05) is 0 Å². The largest absolute Gasteiger partial charge is 0.393 e. The van der Waals surface area contributed by atoms with Gasteiger partial charge in [0.15, 0.2) is 11.2 Å². The number of aliphatic hydroxyl groups is 1. The molecule has 7 nitrogen and oxygen atoms in total. The first-order valence-electron chi connectivity index (χ1n) is 8.76. The highest BCUT2D eigenvalue weighted by molar-refractivity contribution is 5.69. The molecule has 0 aliphatic carbocycles. The zero-order valence-electron chi connectivity index (χ0n) is 14.9. The van der Waals surface area contributed by atoms with Crippen molar-refractivity contribution in [3.05, 3.63) is 27.2 Å². The van der Waals surface area contributed by atoms with Gasteiger partial charge >= 0.3 is 5.69 Å². The molecule has 0 saturated heterocycles. The van der Waals surface area contributed by atoms with Crippen molar-refractivity contribution >= 4 is 11.2 Å². The molecule has 2 rings (SSSR count). The number of aromatic nitrogens is 4. The lowest BCUT2D eigenvalue weighted by Crippen LogP contribution is -2.37. The van der Waals surface area contributed by atoms with Crippen LogP contribution in [0.1, 0.15) is 51.9 Å². The lowest BCUT2D eigenvalue weighted by molar-refractivity contribution is 0.150. The SMILES string of the molecule is CCCC(O)CCCCCCn1cnc2c1c(=O)n(C)c(=O)n2C. The molecule has 0 saturated carbocycles. The van der Waals surface area contributed by atoms with Gasteiger partial charge in [-0.15, -0.1) is 0 Å². The van der Waals surface area contributed by atoms with Crippen LogP contribution in [-0.2, 0) is 20.6 Å². The summed E-state index contributed by atoms with van der Waals surface area (Å²) in [4.78, 5) is 28.4. The predicted octanol–water partition coefficient (Wildman–Crippen LogP) is 1.55. The van der Waals surface area contributed by atoms with Gasteiger partial charge in [-0.1, -0.05) is 32.6 Å². The van der Waals surface area contributed by atoms with E-state index in [1.165, 1.54) is 11.6 Å². The van der Waals surface area contributed by atoms with Gasteiger partial charge in [-0.3, -0.25) is 13.9 Å². The molecule has 0 aliphatic rings. The minimum absolute atomic E-state index is 0.170. The monoisotopic (exact) mass is 336 g/mol. The Kier molecular flexibility index (Phi) is 6.36. The van der Waals surface area contributed by atoms with E-state index in [9.17, 15) is 14.7 Å². The van der Waals surface area contributed by atoms with Gasteiger partial charge in [0.1, 0.15) is 0 Å². The van der Waals surface area contributed by atoms with Crippen molar-refractivity contribution in [2.45, 2.75) is 64.5 Å². The topological polar surface area (TPSA) is 82.1 Å². The van der Waals surface area contributed by atoms with Gasteiger partial charge in [0.05, 0.1) is 12.4 Å². The van der Waals surface area contributed by atoms with Crippen molar-refractivity contribution in [2.24, 2.45) is 14.1 Å². The molecule has 0 bridgehead atoms. The first-order chi connectivity index (χ1) is 11.5. The molecule has 2 aromatic heterocycles. The molecule has 0 fully saturated rings. The Balaban J connectivity index is 1.93. The highest BCUT2D eigenvalue weighted by Gasteiger charge is 2.13. The van der Waals surface area contributed by atoms with E-state index in [0.717, 1.165) is 49.5 Å². The first-order valence-corrected chi connectivity index (χ1v) is 8.76. The van der Waals surface area contributed by atoms with Gasteiger partial charge in [-0.2, -0.15) is 0 Å². The van der Waals surface area contributed by atoms with E-state index in [4.69, 9.17) is 0 Å². The third-order valence-corrected chi connectivity index (χ3v) is 4.53. The molecule has 2 heterocycles. The minimum atomic E-state index is -0.358. The second-order valence-corrected chi connectivity index (χ2v) is 6.46. The molecule has 0 aliphatic heterocycles. The second-order valence-electron chi connectivity index (χ2n) is 6.46. The minimum Gasteiger partial charge on any atom is -0.393 e. The summed E-state index contributed by atoms with van der Waals surface area (Å²) in [5.41, 5.74) is 0.264. The summed E-state index contributed by atoms with van der Waals surface area (Å²) in [5.74, 6) is 0. The van der Waals surface area contributed by atoms with Crippen LogP contribution in [0.2, 0.25) is 0 Å². The number of imidazole rings is 1. The van der Waals surface area contributed by atoms with E-state index < -0.39 is 0 Å². The van der Waals surface area contributed by atoms with E-state index in [2.05, 4.69) is 11.9 Å². The van der Waals surface area contributed by atoms with Crippen LogP contribution in [0.25, 0.3) is 11.2 Å². The van der Waals surface area contributed by atoms with Gasteiger partial charge < -0.3 is 9.67 Å². The summed E-state index contributed by atoms with van der Waals surface area (Å²) in [6.07, 6.45) is 8.32. The fourth-order valence-corrected chi connectivity index (χ4v) is 3.06.